The number of anilines is 1. The van der Waals surface area contributed by atoms with Crippen LogP contribution in [0.15, 0.2) is 18.3 Å². The molecular weight excluding hydrogens is 244 g/mol. The Morgan fingerprint density at radius 3 is 3.16 bits per heavy atom. The third-order valence-electron chi connectivity index (χ3n) is 3.12. The van der Waals surface area contributed by atoms with Crippen molar-refractivity contribution in [1.82, 2.24) is 15.2 Å². The van der Waals surface area contributed by atoms with Gasteiger partial charge < -0.3 is 15.5 Å². The Morgan fingerprint density at radius 1 is 1.63 bits per heavy atom. The predicted molar refractivity (Wildman–Crippen MR) is 71.9 cm³/mol. The molecule has 0 aliphatic carbocycles. The van der Waals surface area contributed by atoms with Gasteiger partial charge in [0, 0.05) is 31.4 Å². The van der Waals surface area contributed by atoms with Gasteiger partial charge in [0.15, 0.2) is 0 Å². The van der Waals surface area contributed by atoms with E-state index in [0.29, 0.717) is 24.5 Å². The van der Waals surface area contributed by atoms with Crippen LogP contribution >= 0.6 is 0 Å². The molecule has 6 heteroatoms. The van der Waals surface area contributed by atoms with E-state index in [0.717, 1.165) is 6.54 Å². The van der Waals surface area contributed by atoms with Crippen LogP contribution in [0.5, 0.6) is 0 Å². The molecule has 1 fully saturated rings. The number of rotatable bonds is 3. The Bertz CT molecular complexity index is 489. The van der Waals surface area contributed by atoms with Gasteiger partial charge in [0.2, 0.25) is 5.91 Å². The highest BCUT2D eigenvalue weighted by atomic mass is 16.2. The molecule has 102 valence electrons. The van der Waals surface area contributed by atoms with E-state index in [1.54, 1.807) is 30.2 Å². The van der Waals surface area contributed by atoms with Gasteiger partial charge in [0.1, 0.15) is 11.9 Å². The van der Waals surface area contributed by atoms with Crippen molar-refractivity contribution in [2.24, 2.45) is 0 Å². The van der Waals surface area contributed by atoms with E-state index >= 15 is 0 Å². The quantitative estimate of drug-likeness (QED) is 0.830. The van der Waals surface area contributed by atoms with Crippen LogP contribution in [0.25, 0.3) is 0 Å². The Labute approximate surface area is 112 Å². The number of aromatic nitrogens is 1. The maximum Gasteiger partial charge on any atom is 0.254 e. The molecule has 0 spiro atoms. The molecule has 2 heterocycles. The first-order valence-electron chi connectivity index (χ1n) is 6.42. The van der Waals surface area contributed by atoms with Crippen LogP contribution in [0, 0.1) is 0 Å². The molecule has 1 aromatic rings. The van der Waals surface area contributed by atoms with Crippen LogP contribution in [-0.4, -0.2) is 47.4 Å². The predicted octanol–water partition coefficient (Wildman–Crippen LogP) is 0.474. The van der Waals surface area contributed by atoms with E-state index in [4.69, 9.17) is 0 Å². The van der Waals surface area contributed by atoms with E-state index in [-0.39, 0.29) is 11.8 Å². The fourth-order valence-electron chi connectivity index (χ4n) is 2.07. The molecule has 1 atom stereocenters. The van der Waals surface area contributed by atoms with Crippen molar-refractivity contribution >= 4 is 17.6 Å². The van der Waals surface area contributed by atoms with Gasteiger partial charge in [-0.1, -0.05) is 0 Å². The van der Waals surface area contributed by atoms with Crippen molar-refractivity contribution in [2.45, 2.75) is 19.9 Å². The van der Waals surface area contributed by atoms with Gasteiger partial charge in [0.25, 0.3) is 5.91 Å². The molecule has 1 unspecified atom stereocenters. The molecule has 0 saturated carbocycles. The molecule has 1 saturated heterocycles. The topological polar surface area (TPSA) is 74.3 Å². The molecule has 0 radical (unpaired) electrons. The largest absolute Gasteiger partial charge is 0.370 e. The third kappa shape index (κ3) is 2.83. The zero-order valence-corrected chi connectivity index (χ0v) is 11.1. The molecule has 19 heavy (non-hydrogen) atoms. The van der Waals surface area contributed by atoms with Gasteiger partial charge in [-0.15, -0.1) is 0 Å². The number of hydrogen-bond acceptors (Lipinski definition) is 4. The summed E-state index contributed by atoms with van der Waals surface area (Å²) in [6.45, 7) is 5.48. The zero-order valence-electron chi connectivity index (χ0n) is 11.1. The molecule has 6 nitrogen and oxygen atoms in total. The number of nitrogens with one attached hydrogen (secondary N) is 2. The van der Waals surface area contributed by atoms with Crippen LogP contribution in [0.1, 0.15) is 24.2 Å². The van der Waals surface area contributed by atoms with Crippen molar-refractivity contribution in [3.8, 4) is 0 Å². The summed E-state index contributed by atoms with van der Waals surface area (Å²) < 4.78 is 0. The normalized spacial score (nSPS) is 18.9. The standard InChI is InChI=1S/C13H18N4O2/c1-3-14-11-8-10(4-5-15-11)13(19)17-7-6-16-12(18)9(17)2/h4-5,8-9H,3,6-7H2,1-2H3,(H,14,15)(H,16,18). The van der Waals surface area contributed by atoms with E-state index in [1.165, 1.54) is 0 Å². The van der Waals surface area contributed by atoms with Gasteiger partial charge in [-0.25, -0.2) is 4.98 Å². The second kappa shape index (κ2) is 5.69. The van der Waals surface area contributed by atoms with Crippen LogP contribution in [0.3, 0.4) is 0 Å². The number of hydrogen-bond donors (Lipinski definition) is 2. The maximum atomic E-state index is 12.4. The lowest BCUT2D eigenvalue weighted by molar-refractivity contribution is -0.127. The molecular formula is C13H18N4O2. The maximum absolute atomic E-state index is 12.4. The lowest BCUT2D eigenvalue weighted by Gasteiger charge is -2.32. The number of carbonyl (C=O) groups is 2. The first kappa shape index (κ1) is 13.3. The van der Waals surface area contributed by atoms with Crippen LogP contribution in [0.4, 0.5) is 5.82 Å². The summed E-state index contributed by atoms with van der Waals surface area (Å²) in [5.41, 5.74) is 0.549. The molecule has 1 aliphatic rings. The first-order chi connectivity index (χ1) is 9.13. The molecule has 0 bridgehead atoms. The van der Waals surface area contributed by atoms with E-state index < -0.39 is 6.04 Å². The summed E-state index contributed by atoms with van der Waals surface area (Å²) in [6, 6.07) is 2.95. The van der Waals surface area contributed by atoms with Crippen molar-refractivity contribution < 1.29 is 9.59 Å². The lowest BCUT2D eigenvalue weighted by atomic mass is 10.1. The molecule has 2 amide bonds. The van der Waals surface area contributed by atoms with Gasteiger partial charge in [-0.05, 0) is 26.0 Å². The SMILES string of the molecule is CCNc1cc(C(=O)N2CCNC(=O)C2C)ccn1. The summed E-state index contributed by atoms with van der Waals surface area (Å²) in [5.74, 6) is 0.423. The molecule has 2 N–H and O–H groups in total. The number of amides is 2. The van der Waals surface area contributed by atoms with Crippen LogP contribution in [0.2, 0.25) is 0 Å². The number of pyridine rings is 1. The van der Waals surface area contributed by atoms with Crippen molar-refractivity contribution in [2.75, 3.05) is 25.0 Å². The Morgan fingerprint density at radius 2 is 2.42 bits per heavy atom. The Kier molecular flexibility index (Phi) is 3.99. The molecule has 1 aromatic heterocycles. The van der Waals surface area contributed by atoms with Gasteiger partial charge >= 0.3 is 0 Å². The molecule has 2 rings (SSSR count). The summed E-state index contributed by atoms with van der Waals surface area (Å²) in [4.78, 5) is 29.7. The van der Waals surface area contributed by atoms with Gasteiger partial charge in [0.05, 0.1) is 0 Å². The average Bonchev–Trinajstić information content (AvgIpc) is 2.42. The minimum absolute atomic E-state index is 0.111. The number of carbonyl (C=O) groups excluding carboxylic acids is 2. The fourth-order valence-corrected chi connectivity index (χ4v) is 2.07. The monoisotopic (exact) mass is 262 g/mol. The van der Waals surface area contributed by atoms with Crippen molar-refractivity contribution in [3.63, 3.8) is 0 Å². The Balaban J connectivity index is 2.18. The highest BCUT2D eigenvalue weighted by Crippen LogP contribution is 2.13. The first-order valence-corrected chi connectivity index (χ1v) is 6.42. The van der Waals surface area contributed by atoms with Gasteiger partial charge in [-0.2, -0.15) is 0 Å². The second-order valence-electron chi connectivity index (χ2n) is 4.43. The second-order valence-corrected chi connectivity index (χ2v) is 4.43. The number of piperazine rings is 1. The smallest absolute Gasteiger partial charge is 0.254 e. The van der Waals surface area contributed by atoms with Crippen LogP contribution in [-0.2, 0) is 4.79 Å². The summed E-state index contributed by atoms with van der Waals surface area (Å²) in [7, 11) is 0. The lowest BCUT2D eigenvalue weighted by Crippen LogP contribution is -2.55. The minimum Gasteiger partial charge on any atom is -0.370 e. The van der Waals surface area contributed by atoms with Crippen molar-refractivity contribution in [3.05, 3.63) is 23.9 Å². The molecule has 0 aromatic carbocycles. The average molecular weight is 262 g/mol. The van der Waals surface area contributed by atoms with Crippen molar-refractivity contribution in [1.29, 1.82) is 0 Å². The summed E-state index contributed by atoms with van der Waals surface area (Å²) >= 11 is 0. The van der Waals surface area contributed by atoms with Crippen LogP contribution < -0.4 is 10.6 Å². The van der Waals surface area contributed by atoms with E-state index in [2.05, 4.69) is 15.6 Å². The fraction of sp³-hybridized carbons (Fsp3) is 0.462. The summed E-state index contributed by atoms with van der Waals surface area (Å²) in [6.07, 6.45) is 1.60. The third-order valence-corrected chi connectivity index (χ3v) is 3.12. The molecule has 1 aliphatic heterocycles. The summed E-state index contributed by atoms with van der Waals surface area (Å²) in [5, 5.41) is 5.81. The minimum atomic E-state index is -0.433. The zero-order chi connectivity index (χ0) is 13.8. The van der Waals surface area contributed by atoms with E-state index in [1.807, 2.05) is 6.92 Å². The number of nitrogens with zero attached hydrogens (tertiary/aromatic N) is 2. The van der Waals surface area contributed by atoms with Gasteiger partial charge in [-0.3, -0.25) is 9.59 Å². The highest BCUT2D eigenvalue weighted by Gasteiger charge is 2.29. The highest BCUT2D eigenvalue weighted by molar-refractivity contribution is 5.98. The van der Waals surface area contributed by atoms with E-state index in [9.17, 15) is 9.59 Å². The Hall–Kier alpha value is -2.11.